The average molecular weight is 584 g/mol. The van der Waals surface area contributed by atoms with Crippen LogP contribution in [0.4, 0.5) is 5.69 Å². The fourth-order valence-electron chi connectivity index (χ4n) is 5.60. The SMILES string of the molecule is CCN(C#N)c1cc2oc(-c3ccc(C)cc3)c(C(=O)NC)c2cc1-c1cccc(C(=O)CCC(C)(C)c2ccccc2)c1. The number of nitrogens with one attached hydrogen (secondary N) is 1. The first kappa shape index (κ1) is 30.3. The number of anilines is 1. The predicted molar refractivity (Wildman–Crippen MR) is 177 cm³/mol. The third-order valence-electron chi connectivity index (χ3n) is 8.33. The third kappa shape index (κ3) is 6.00. The van der Waals surface area contributed by atoms with Gasteiger partial charge in [-0.25, -0.2) is 0 Å². The van der Waals surface area contributed by atoms with Crippen molar-refractivity contribution in [2.75, 3.05) is 18.5 Å². The number of ketones is 1. The molecular weight excluding hydrogens is 546 g/mol. The van der Waals surface area contributed by atoms with Gasteiger partial charge in [0, 0.05) is 48.2 Å². The minimum Gasteiger partial charge on any atom is -0.455 e. The Morgan fingerprint density at radius 3 is 2.32 bits per heavy atom. The molecule has 5 aromatic rings. The Labute approximate surface area is 258 Å². The second-order valence-corrected chi connectivity index (χ2v) is 11.7. The van der Waals surface area contributed by atoms with E-state index in [4.69, 9.17) is 4.42 Å². The van der Waals surface area contributed by atoms with Crippen LogP contribution in [-0.4, -0.2) is 25.3 Å². The summed E-state index contributed by atoms with van der Waals surface area (Å²) in [5.74, 6) is 0.255. The number of Topliss-reactive ketones (excluding diaryl/α,β-unsaturated/α-hetero) is 1. The number of carbonyl (C=O) groups excluding carboxylic acids is 2. The Bertz CT molecular complexity index is 1860. The zero-order chi connectivity index (χ0) is 31.4. The molecular formula is C38H37N3O3. The summed E-state index contributed by atoms with van der Waals surface area (Å²) in [7, 11) is 1.60. The van der Waals surface area contributed by atoms with E-state index >= 15 is 0 Å². The predicted octanol–water partition coefficient (Wildman–Crippen LogP) is 8.68. The number of nitrogens with zero attached hydrogens (tertiary/aromatic N) is 2. The van der Waals surface area contributed by atoms with E-state index in [0.717, 1.165) is 22.3 Å². The number of fused-ring (bicyclic) bond motifs is 1. The van der Waals surface area contributed by atoms with Crippen molar-refractivity contribution >= 4 is 28.3 Å². The summed E-state index contributed by atoms with van der Waals surface area (Å²) in [5.41, 5.74) is 6.64. The molecule has 1 amide bonds. The van der Waals surface area contributed by atoms with Crippen molar-refractivity contribution in [3.63, 3.8) is 0 Å². The van der Waals surface area contributed by atoms with Crippen molar-refractivity contribution in [3.05, 3.63) is 113 Å². The fourth-order valence-corrected chi connectivity index (χ4v) is 5.60. The molecule has 0 radical (unpaired) electrons. The standard InChI is InChI=1S/C38H37N3O3/c1-6-41(24-39)32-23-34-31(35(37(43)40-5)36(44-34)26-17-15-25(2)16-18-26)22-30(32)27-11-10-12-28(21-27)33(42)19-20-38(3,4)29-13-8-7-9-14-29/h7-18,21-23H,6,19-20H2,1-5H3,(H,40,43). The van der Waals surface area contributed by atoms with Crippen molar-refractivity contribution in [1.29, 1.82) is 5.26 Å². The van der Waals surface area contributed by atoms with Crippen LogP contribution in [0.5, 0.6) is 0 Å². The summed E-state index contributed by atoms with van der Waals surface area (Å²) >= 11 is 0. The van der Waals surface area contributed by atoms with Crippen LogP contribution >= 0.6 is 0 Å². The highest BCUT2D eigenvalue weighted by Gasteiger charge is 2.26. The molecule has 0 aliphatic rings. The van der Waals surface area contributed by atoms with E-state index in [9.17, 15) is 14.9 Å². The molecule has 0 aliphatic carbocycles. The number of furan rings is 1. The Morgan fingerprint density at radius 1 is 0.932 bits per heavy atom. The summed E-state index contributed by atoms with van der Waals surface area (Å²) in [6.45, 7) is 8.67. The Balaban J connectivity index is 1.59. The monoisotopic (exact) mass is 583 g/mol. The molecule has 1 heterocycles. The number of benzene rings is 4. The maximum absolute atomic E-state index is 13.5. The summed E-state index contributed by atoms with van der Waals surface area (Å²) in [6, 6.07) is 29.3. The van der Waals surface area contributed by atoms with Crippen LogP contribution in [0.25, 0.3) is 33.4 Å². The van der Waals surface area contributed by atoms with Crippen LogP contribution in [0.2, 0.25) is 0 Å². The van der Waals surface area contributed by atoms with Gasteiger partial charge in [-0.2, -0.15) is 5.26 Å². The summed E-state index contributed by atoms with van der Waals surface area (Å²) in [6.07, 6.45) is 3.38. The Kier molecular flexibility index (Phi) is 8.69. The molecule has 0 spiro atoms. The number of nitriles is 1. The topological polar surface area (TPSA) is 86.3 Å². The van der Waals surface area contributed by atoms with Crippen molar-refractivity contribution < 1.29 is 14.0 Å². The number of carbonyl (C=O) groups is 2. The zero-order valence-corrected chi connectivity index (χ0v) is 25.9. The molecule has 222 valence electrons. The van der Waals surface area contributed by atoms with Crippen molar-refractivity contribution in [2.24, 2.45) is 0 Å². The van der Waals surface area contributed by atoms with Crippen LogP contribution in [0.1, 0.15) is 65.5 Å². The maximum Gasteiger partial charge on any atom is 0.255 e. The van der Waals surface area contributed by atoms with E-state index in [2.05, 4.69) is 37.5 Å². The van der Waals surface area contributed by atoms with Crippen molar-refractivity contribution in [2.45, 2.75) is 46.0 Å². The van der Waals surface area contributed by atoms with Gasteiger partial charge in [0.05, 0.1) is 11.3 Å². The lowest BCUT2D eigenvalue weighted by Crippen LogP contribution is -2.19. The number of hydrogen-bond donors (Lipinski definition) is 1. The molecule has 0 unspecified atom stereocenters. The van der Waals surface area contributed by atoms with Crippen LogP contribution < -0.4 is 10.2 Å². The van der Waals surface area contributed by atoms with Gasteiger partial charge in [0.25, 0.3) is 5.91 Å². The molecule has 0 fully saturated rings. The second-order valence-electron chi connectivity index (χ2n) is 11.7. The molecule has 0 atom stereocenters. The molecule has 1 aromatic heterocycles. The van der Waals surface area contributed by atoms with E-state index in [-0.39, 0.29) is 17.1 Å². The van der Waals surface area contributed by atoms with E-state index < -0.39 is 0 Å². The summed E-state index contributed by atoms with van der Waals surface area (Å²) < 4.78 is 6.33. The quantitative estimate of drug-likeness (QED) is 0.101. The number of amides is 1. The van der Waals surface area contributed by atoms with Gasteiger partial charge in [-0.1, -0.05) is 92.2 Å². The van der Waals surface area contributed by atoms with E-state index in [1.165, 1.54) is 5.56 Å². The van der Waals surface area contributed by atoms with Gasteiger partial charge in [-0.3, -0.25) is 14.5 Å². The van der Waals surface area contributed by atoms with Crippen LogP contribution in [0.15, 0.2) is 95.4 Å². The smallest absolute Gasteiger partial charge is 0.255 e. The fraction of sp³-hybridized carbons (Fsp3) is 0.237. The lowest BCUT2D eigenvalue weighted by Gasteiger charge is -2.25. The maximum atomic E-state index is 13.5. The highest BCUT2D eigenvalue weighted by atomic mass is 16.3. The van der Waals surface area contributed by atoms with E-state index in [1.807, 2.05) is 92.7 Å². The van der Waals surface area contributed by atoms with E-state index in [1.54, 1.807) is 11.9 Å². The zero-order valence-electron chi connectivity index (χ0n) is 25.9. The van der Waals surface area contributed by atoms with Crippen LogP contribution in [-0.2, 0) is 5.41 Å². The molecule has 5 rings (SSSR count). The van der Waals surface area contributed by atoms with Gasteiger partial charge in [0.15, 0.2) is 12.0 Å². The molecule has 0 aliphatic heterocycles. The second kappa shape index (κ2) is 12.6. The van der Waals surface area contributed by atoms with Crippen LogP contribution in [0, 0.1) is 18.4 Å². The summed E-state index contributed by atoms with van der Waals surface area (Å²) in [4.78, 5) is 28.3. The Hall–Kier alpha value is -5.15. The molecule has 0 saturated heterocycles. The van der Waals surface area contributed by atoms with E-state index in [0.29, 0.717) is 52.9 Å². The lowest BCUT2D eigenvalue weighted by molar-refractivity contribution is 0.0959. The number of aryl methyl sites for hydroxylation is 1. The van der Waals surface area contributed by atoms with Crippen molar-refractivity contribution in [3.8, 4) is 28.6 Å². The summed E-state index contributed by atoms with van der Waals surface area (Å²) in [5, 5.41) is 13.4. The third-order valence-corrected chi connectivity index (χ3v) is 8.33. The first-order valence-corrected chi connectivity index (χ1v) is 14.9. The minimum atomic E-state index is -0.268. The average Bonchev–Trinajstić information content (AvgIpc) is 3.42. The number of hydrogen-bond acceptors (Lipinski definition) is 5. The molecule has 4 aromatic carbocycles. The first-order chi connectivity index (χ1) is 21.2. The minimum absolute atomic E-state index is 0.0575. The first-order valence-electron chi connectivity index (χ1n) is 14.9. The molecule has 0 bridgehead atoms. The lowest BCUT2D eigenvalue weighted by atomic mass is 9.79. The van der Waals surface area contributed by atoms with Gasteiger partial charge < -0.3 is 9.73 Å². The highest BCUT2D eigenvalue weighted by molar-refractivity contribution is 6.13. The molecule has 6 heteroatoms. The number of rotatable bonds is 10. The van der Waals surface area contributed by atoms with Crippen LogP contribution in [0.3, 0.4) is 0 Å². The van der Waals surface area contributed by atoms with Gasteiger partial charge in [0.1, 0.15) is 11.3 Å². The Morgan fingerprint density at radius 2 is 1.66 bits per heavy atom. The molecule has 0 saturated carbocycles. The van der Waals surface area contributed by atoms with Crippen molar-refractivity contribution in [1.82, 2.24) is 5.32 Å². The van der Waals surface area contributed by atoms with Gasteiger partial charge in [0.2, 0.25) is 0 Å². The highest BCUT2D eigenvalue weighted by Crippen LogP contribution is 2.41. The molecule has 44 heavy (non-hydrogen) atoms. The van der Waals surface area contributed by atoms with Gasteiger partial charge in [-0.05, 0) is 48.9 Å². The van der Waals surface area contributed by atoms with Gasteiger partial charge in [-0.15, -0.1) is 0 Å². The molecule has 1 N–H and O–H groups in total. The largest absolute Gasteiger partial charge is 0.455 e. The van der Waals surface area contributed by atoms with Gasteiger partial charge >= 0.3 is 0 Å². The molecule has 6 nitrogen and oxygen atoms in total. The normalized spacial score (nSPS) is 11.3.